The van der Waals surface area contributed by atoms with Gasteiger partial charge in [0, 0.05) is 13.1 Å². The summed E-state index contributed by atoms with van der Waals surface area (Å²) in [4.78, 5) is 17.6. The van der Waals surface area contributed by atoms with Gasteiger partial charge in [0.25, 0.3) is 5.91 Å². The highest BCUT2D eigenvalue weighted by Crippen LogP contribution is 2.19. The molecule has 17 heavy (non-hydrogen) atoms. The molecule has 2 N–H and O–H groups in total. The van der Waals surface area contributed by atoms with E-state index in [1.54, 1.807) is 0 Å². The van der Waals surface area contributed by atoms with Gasteiger partial charge in [-0.2, -0.15) is 0 Å². The Kier molecular flexibility index (Phi) is 4.12. The minimum Gasteiger partial charge on any atom is -0.329 e. The number of amides is 1. The quantitative estimate of drug-likeness (QED) is 0.857. The first-order valence-corrected chi connectivity index (χ1v) is 6.02. The highest BCUT2D eigenvalue weighted by Gasteiger charge is 2.26. The van der Waals surface area contributed by atoms with Crippen LogP contribution in [0.5, 0.6) is 0 Å². The fourth-order valence-electron chi connectivity index (χ4n) is 2.01. The van der Waals surface area contributed by atoms with E-state index in [1.807, 2.05) is 30.3 Å². The highest BCUT2D eigenvalue weighted by molar-refractivity contribution is 5.83. The third-order valence-corrected chi connectivity index (χ3v) is 2.98. The Labute approximate surface area is 101 Å². The number of hydroxylamine groups is 2. The number of rotatable bonds is 3. The molecule has 1 saturated heterocycles. The normalized spacial score (nSPS) is 17.8. The van der Waals surface area contributed by atoms with Crippen LogP contribution in [-0.2, 0) is 9.63 Å². The summed E-state index contributed by atoms with van der Waals surface area (Å²) in [6, 6.07) is 9.63. The number of hydrogen-bond acceptors (Lipinski definition) is 3. The lowest BCUT2D eigenvalue weighted by molar-refractivity contribution is -0.198. The average Bonchev–Trinajstić information content (AvgIpc) is 2.42. The highest BCUT2D eigenvalue weighted by atomic mass is 16.7. The van der Waals surface area contributed by atoms with Gasteiger partial charge in [-0.25, -0.2) is 5.06 Å². The van der Waals surface area contributed by atoms with Crippen LogP contribution in [0.25, 0.3) is 0 Å². The third-order valence-electron chi connectivity index (χ3n) is 2.98. The maximum Gasteiger partial charge on any atom is 0.254 e. The van der Waals surface area contributed by atoms with Crippen molar-refractivity contribution in [2.24, 2.45) is 5.73 Å². The third kappa shape index (κ3) is 2.84. The van der Waals surface area contributed by atoms with E-state index in [0.717, 1.165) is 18.4 Å². The molecule has 4 nitrogen and oxygen atoms in total. The maximum atomic E-state index is 12.3. The topological polar surface area (TPSA) is 55.6 Å². The molecule has 0 aliphatic carbocycles. The lowest BCUT2D eigenvalue weighted by atomic mass is 9.98. The summed E-state index contributed by atoms with van der Waals surface area (Å²) in [5, 5.41) is 1.47. The Morgan fingerprint density at radius 3 is 2.71 bits per heavy atom. The molecule has 1 fully saturated rings. The first-order valence-electron chi connectivity index (χ1n) is 6.02. The fraction of sp³-hybridized carbons (Fsp3) is 0.462. The van der Waals surface area contributed by atoms with Gasteiger partial charge in [0.15, 0.2) is 0 Å². The van der Waals surface area contributed by atoms with Gasteiger partial charge in [-0.1, -0.05) is 30.3 Å². The molecule has 1 aromatic rings. The Hall–Kier alpha value is -1.39. The van der Waals surface area contributed by atoms with Crippen molar-refractivity contribution >= 4 is 5.91 Å². The van der Waals surface area contributed by atoms with Crippen molar-refractivity contribution in [2.45, 2.75) is 18.8 Å². The second-order valence-electron chi connectivity index (χ2n) is 4.18. The fourth-order valence-corrected chi connectivity index (χ4v) is 2.01. The van der Waals surface area contributed by atoms with Crippen molar-refractivity contribution in [3.05, 3.63) is 35.9 Å². The molecule has 1 unspecified atom stereocenters. The summed E-state index contributed by atoms with van der Waals surface area (Å²) in [6.45, 7) is 1.60. The summed E-state index contributed by atoms with van der Waals surface area (Å²) >= 11 is 0. The van der Waals surface area contributed by atoms with E-state index < -0.39 is 0 Å². The largest absolute Gasteiger partial charge is 0.329 e. The number of nitrogens with zero attached hydrogens (tertiary/aromatic N) is 1. The van der Waals surface area contributed by atoms with Crippen LogP contribution in [0, 0.1) is 0 Å². The number of nitrogens with two attached hydrogens (primary N) is 1. The van der Waals surface area contributed by atoms with Crippen molar-refractivity contribution in [3.8, 4) is 0 Å². The van der Waals surface area contributed by atoms with Crippen LogP contribution < -0.4 is 5.73 Å². The molecule has 1 atom stereocenters. The van der Waals surface area contributed by atoms with Crippen molar-refractivity contribution in [3.63, 3.8) is 0 Å². The van der Waals surface area contributed by atoms with Gasteiger partial charge in [-0.3, -0.25) is 9.63 Å². The van der Waals surface area contributed by atoms with Crippen molar-refractivity contribution in [1.29, 1.82) is 0 Å². The van der Waals surface area contributed by atoms with Gasteiger partial charge in [0.2, 0.25) is 0 Å². The Morgan fingerprint density at radius 2 is 2.12 bits per heavy atom. The van der Waals surface area contributed by atoms with Gasteiger partial charge in [0.1, 0.15) is 0 Å². The molecule has 92 valence electrons. The molecule has 1 amide bonds. The summed E-state index contributed by atoms with van der Waals surface area (Å²) in [7, 11) is 0. The second kappa shape index (κ2) is 5.80. The van der Waals surface area contributed by atoms with Gasteiger partial charge in [-0.05, 0) is 18.4 Å². The van der Waals surface area contributed by atoms with E-state index in [2.05, 4.69) is 0 Å². The van der Waals surface area contributed by atoms with Crippen molar-refractivity contribution < 1.29 is 9.63 Å². The monoisotopic (exact) mass is 234 g/mol. The molecule has 4 heteroatoms. The van der Waals surface area contributed by atoms with Crippen molar-refractivity contribution in [2.75, 3.05) is 19.7 Å². The van der Waals surface area contributed by atoms with E-state index >= 15 is 0 Å². The van der Waals surface area contributed by atoms with Gasteiger partial charge >= 0.3 is 0 Å². The standard InChI is InChI=1S/C13H18N2O2/c14-10-12(11-6-2-1-3-7-11)13(16)15-8-4-5-9-17-15/h1-3,6-7,12H,4-5,8-10,14H2. The van der Waals surface area contributed by atoms with E-state index in [9.17, 15) is 4.79 Å². The minimum atomic E-state index is -0.297. The van der Waals surface area contributed by atoms with E-state index in [0.29, 0.717) is 19.7 Å². The number of carbonyl (C=O) groups excluding carboxylic acids is 1. The number of hydrogen-bond donors (Lipinski definition) is 1. The van der Waals surface area contributed by atoms with E-state index in [1.165, 1.54) is 5.06 Å². The SMILES string of the molecule is NCC(C(=O)N1CCCCO1)c1ccccc1. The zero-order chi connectivity index (χ0) is 12.1. The molecule has 0 bridgehead atoms. The van der Waals surface area contributed by atoms with Crippen LogP contribution in [0.1, 0.15) is 24.3 Å². The Bertz CT molecular complexity index is 361. The van der Waals surface area contributed by atoms with E-state index in [4.69, 9.17) is 10.6 Å². The Balaban J connectivity index is 2.10. The van der Waals surface area contributed by atoms with Gasteiger partial charge in [-0.15, -0.1) is 0 Å². The Morgan fingerprint density at radius 1 is 1.35 bits per heavy atom. The summed E-state index contributed by atoms with van der Waals surface area (Å²) in [5.41, 5.74) is 6.66. The summed E-state index contributed by atoms with van der Waals surface area (Å²) < 4.78 is 0. The first kappa shape index (κ1) is 12.1. The van der Waals surface area contributed by atoms with Gasteiger partial charge in [0.05, 0.1) is 12.5 Å². The van der Waals surface area contributed by atoms with Gasteiger partial charge < -0.3 is 5.73 Å². The smallest absolute Gasteiger partial charge is 0.254 e. The van der Waals surface area contributed by atoms with Crippen molar-refractivity contribution in [1.82, 2.24) is 5.06 Å². The average molecular weight is 234 g/mol. The molecule has 0 radical (unpaired) electrons. The summed E-state index contributed by atoms with van der Waals surface area (Å²) in [6.07, 6.45) is 2.01. The maximum absolute atomic E-state index is 12.3. The van der Waals surface area contributed by atoms with E-state index in [-0.39, 0.29) is 11.8 Å². The molecule has 0 saturated carbocycles. The minimum absolute atomic E-state index is 0.0293. The number of carbonyl (C=O) groups is 1. The molecular weight excluding hydrogens is 216 g/mol. The summed E-state index contributed by atoms with van der Waals surface area (Å²) in [5.74, 6) is -0.326. The molecule has 0 aromatic heterocycles. The molecule has 1 heterocycles. The molecule has 1 aromatic carbocycles. The second-order valence-corrected chi connectivity index (χ2v) is 4.18. The van der Waals surface area contributed by atoms with Crippen LogP contribution in [0.4, 0.5) is 0 Å². The zero-order valence-electron chi connectivity index (χ0n) is 9.84. The molecule has 2 rings (SSSR count). The molecular formula is C13H18N2O2. The van der Waals surface area contributed by atoms with Crippen LogP contribution in [0.2, 0.25) is 0 Å². The lowest BCUT2D eigenvalue weighted by Crippen LogP contribution is -2.40. The zero-order valence-corrected chi connectivity index (χ0v) is 9.84. The predicted octanol–water partition coefficient (Wildman–Crippen LogP) is 1.28. The molecule has 1 aliphatic heterocycles. The van der Waals surface area contributed by atoms with Crippen LogP contribution in [0.15, 0.2) is 30.3 Å². The van der Waals surface area contributed by atoms with Crippen LogP contribution in [0.3, 0.4) is 0 Å². The first-order chi connectivity index (χ1) is 8.33. The van der Waals surface area contributed by atoms with Crippen LogP contribution >= 0.6 is 0 Å². The molecule has 1 aliphatic rings. The predicted molar refractivity (Wildman–Crippen MR) is 65.1 cm³/mol. The molecule has 0 spiro atoms. The number of benzene rings is 1. The lowest BCUT2D eigenvalue weighted by Gasteiger charge is -2.29. The van der Waals surface area contributed by atoms with Crippen LogP contribution in [-0.4, -0.2) is 30.7 Å².